The van der Waals surface area contributed by atoms with Crippen LogP contribution in [0.5, 0.6) is 0 Å². The van der Waals surface area contributed by atoms with Gasteiger partial charge in [0.15, 0.2) is 6.10 Å². The summed E-state index contributed by atoms with van der Waals surface area (Å²) in [6.45, 7) is 1.86. The van der Waals surface area contributed by atoms with Gasteiger partial charge in [0, 0.05) is 22.2 Å². The maximum absolute atomic E-state index is 13.9. The third-order valence-electron chi connectivity index (χ3n) is 5.80. The number of anilines is 1. The summed E-state index contributed by atoms with van der Waals surface area (Å²) in [5, 5.41) is 14.3. The Hall–Kier alpha value is -3.12. The smallest absolute Gasteiger partial charge is 0.382 e. The number of aromatic nitrogens is 1. The third kappa shape index (κ3) is 4.08. The molecule has 4 rings (SSSR count). The number of hydrogen-bond acceptors (Lipinski definition) is 3. The lowest BCUT2D eigenvalue weighted by Crippen LogP contribution is -2.55. The van der Waals surface area contributed by atoms with Crippen LogP contribution in [0.2, 0.25) is 0 Å². The van der Waals surface area contributed by atoms with Crippen LogP contribution in [-0.2, 0) is 5.41 Å². The predicted molar refractivity (Wildman–Crippen MR) is 117 cm³/mol. The molecule has 1 aliphatic carbocycles. The summed E-state index contributed by atoms with van der Waals surface area (Å²) >= 11 is 0. The number of rotatable bonds is 5. The molecule has 3 aromatic rings. The van der Waals surface area contributed by atoms with Gasteiger partial charge in [-0.1, -0.05) is 60.7 Å². The van der Waals surface area contributed by atoms with Gasteiger partial charge in [-0.2, -0.15) is 13.2 Å². The van der Waals surface area contributed by atoms with Crippen LogP contribution in [-0.4, -0.2) is 28.4 Å². The first kappa shape index (κ1) is 21.1. The minimum Gasteiger partial charge on any atom is -0.382 e. The second-order valence-electron chi connectivity index (χ2n) is 7.83. The highest BCUT2D eigenvalue weighted by Gasteiger charge is 2.52. The molecule has 1 heterocycles. The lowest BCUT2D eigenvalue weighted by molar-refractivity contribution is -0.211. The first-order valence-corrected chi connectivity index (χ1v) is 10.1. The van der Waals surface area contributed by atoms with Crippen LogP contribution < -0.4 is 5.32 Å². The van der Waals surface area contributed by atoms with E-state index in [2.05, 4.69) is 10.3 Å². The quantitative estimate of drug-likeness (QED) is 0.552. The molecule has 160 valence electrons. The van der Waals surface area contributed by atoms with Crippen LogP contribution in [0.3, 0.4) is 0 Å². The molecule has 2 aromatic carbocycles. The zero-order valence-electron chi connectivity index (χ0n) is 17.0. The molecule has 0 saturated heterocycles. The van der Waals surface area contributed by atoms with Gasteiger partial charge >= 0.3 is 6.18 Å². The summed E-state index contributed by atoms with van der Waals surface area (Å²) in [7, 11) is 0. The molecule has 0 spiro atoms. The Kier molecular flexibility index (Phi) is 5.58. The van der Waals surface area contributed by atoms with Gasteiger partial charge in [-0.3, -0.25) is 4.98 Å². The van der Waals surface area contributed by atoms with Crippen LogP contribution in [0.15, 0.2) is 85.0 Å². The van der Waals surface area contributed by atoms with Gasteiger partial charge in [-0.05, 0) is 43.2 Å². The first-order valence-electron chi connectivity index (χ1n) is 10.1. The van der Waals surface area contributed by atoms with Crippen LogP contribution in [0.1, 0.15) is 17.7 Å². The van der Waals surface area contributed by atoms with Gasteiger partial charge < -0.3 is 10.4 Å². The Morgan fingerprint density at radius 2 is 1.77 bits per heavy atom. The van der Waals surface area contributed by atoms with Gasteiger partial charge in [0.05, 0.1) is 11.6 Å². The van der Waals surface area contributed by atoms with Gasteiger partial charge in [-0.25, -0.2) is 0 Å². The van der Waals surface area contributed by atoms with Crippen molar-refractivity contribution in [2.45, 2.75) is 37.1 Å². The van der Waals surface area contributed by atoms with E-state index in [9.17, 15) is 18.3 Å². The molecule has 1 aromatic heterocycles. The van der Waals surface area contributed by atoms with Crippen LogP contribution in [0.4, 0.5) is 18.9 Å². The minimum absolute atomic E-state index is 0.320. The Bertz CT molecular complexity index is 1120. The monoisotopic (exact) mass is 424 g/mol. The lowest BCUT2D eigenvalue weighted by atomic mass is 9.68. The summed E-state index contributed by atoms with van der Waals surface area (Å²) in [5.74, 6) is 0. The van der Waals surface area contributed by atoms with Crippen molar-refractivity contribution in [1.29, 1.82) is 0 Å². The van der Waals surface area contributed by atoms with Crippen molar-refractivity contribution in [2.24, 2.45) is 0 Å². The number of nitrogens with one attached hydrogen (secondary N) is 1. The number of aliphatic hydroxyl groups is 1. The summed E-state index contributed by atoms with van der Waals surface area (Å²) < 4.78 is 41.6. The predicted octanol–water partition coefficient (Wildman–Crippen LogP) is 5.70. The van der Waals surface area contributed by atoms with Gasteiger partial charge in [0.2, 0.25) is 0 Å². The van der Waals surface area contributed by atoms with E-state index in [0.717, 1.165) is 5.69 Å². The second kappa shape index (κ2) is 8.19. The molecule has 1 aliphatic rings. The van der Waals surface area contributed by atoms with Crippen molar-refractivity contribution in [1.82, 2.24) is 4.98 Å². The molecular weight excluding hydrogens is 401 g/mol. The van der Waals surface area contributed by atoms with E-state index in [1.807, 2.05) is 43.3 Å². The molecule has 3 atom stereocenters. The van der Waals surface area contributed by atoms with Crippen molar-refractivity contribution in [3.8, 4) is 0 Å². The van der Waals surface area contributed by atoms with E-state index in [-0.39, 0.29) is 0 Å². The van der Waals surface area contributed by atoms with E-state index in [0.29, 0.717) is 28.6 Å². The summed E-state index contributed by atoms with van der Waals surface area (Å²) in [6.07, 6.45) is 0.0679. The maximum atomic E-state index is 13.9. The van der Waals surface area contributed by atoms with E-state index >= 15 is 0 Å². The van der Waals surface area contributed by atoms with Crippen molar-refractivity contribution < 1.29 is 18.3 Å². The summed E-state index contributed by atoms with van der Waals surface area (Å²) in [5.41, 5.74) is 1.60. The molecular formula is C25H23F3N2O. The molecule has 31 heavy (non-hydrogen) atoms. The fourth-order valence-electron chi connectivity index (χ4n) is 4.24. The Morgan fingerprint density at radius 1 is 1.00 bits per heavy atom. The van der Waals surface area contributed by atoms with Crippen LogP contribution in [0.25, 0.3) is 10.9 Å². The Morgan fingerprint density at radius 3 is 2.45 bits per heavy atom. The maximum Gasteiger partial charge on any atom is 0.416 e. The Labute approximate surface area is 178 Å². The lowest BCUT2D eigenvalue weighted by Gasteiger charge is -2.43. The van der Waals surface area contributed by atoms with Crippen molar-refractivity contribution in [2.75, 3.05) is 5.32 Å². The number of fused-ring (bicyclic) bond motifs is 1. The topological polar surface area (TPSA) is 45.1 Å². The largest absolute Gasteiger partial charge is 0.416 e. The van der Waals surface area contributed by atoms with Crippen molar-refractivity contribution >= 4 is 16.6 Å². The van der Waals surface area contributed by atoms with Gasteiger partial charge in [0.25, 0.3) is 0 Å². The SMILES string of the molecule is Cc1ccc2c(NC(C(O)C(F)(F)F)[C@@]3(c4ccccc4)C=CC=CC3)cccc2n1. The number of pyridine rings is 1. The van der Waals surface area contributed by atoms with E-state index < -0.39 is 23.7 Å². The average Bonchev–Trinajstić information content (AvgIpc) is 2.77. The molecule has 3 nitrogen and oxygen atoms in total. The van der Waals surface area contributed by atoms with Gasteiger partial charge in [0.1, 0.15) is 0 Å². The fraction of sp³-hybridized carbons (Fsp3) is 0.240. The fourth-order valence-corrected chi connectivity index (χ4v) is 4.24. The van der Waals surface area contributed by atoms with E-state index in [1.165, 1.54) is 0 Å². The van der Waals surface area contributed by atoms with E-state index in [4.69, 9.17) is 0 Å². The number of nitrogens with zero attached hydrogens (tertiary/aromatic N) is 1. The van der Waals surface area contributed by atoms with Crippen LogP contribution in [0, 0.1) is 6.92 Å². The molecule has 0 bridgehead atoms. The number of aryl methyl sites for hydroxylation is 1. The number of allylic oxidation sites excluding steroid dienone is 3. The van der Waals surface area contributed by atoms with Crippen LogP contribution >= 0.6 is 0 Å². The molecule has 0 fully saturated rings. The normalized spacial score (nSPS) is 20.5. The molecule has 0 aliphatic heterocycles. The zero-order chi connectivity index (χ0) is 22.1. The summed E-state index contributed by atoms with van der Waals surface area (Å²) in [4.78, 5) is 4.48. The molecule has 0 amide bonds. The highest BCUT2D eigenvalue weighted by Crippen LogP contribution is 2.42. The molecule has 0 saturated carbocycles. The molecule has 0 radical (unpaired) electrons. The molecule has 2 N–H and O–H groups in total. The number of hydrogen-bond donors (Lipinski definition) is 2. The number of aliphatic hydroxyl groups excluding tert-OH is 1. The Balaban J connectivity index is 1.87. The second-order valence-corrected chi connectivity index (χ2v) is 7.83. The highest BCUT2D eigenvalue weighted by molar-refractivity contribution is 5.91. The average molecular weight is 424 g/mol. The minimum atomic E-state index is -4.80. The first-order chi connectivity index (χ1) is 14.8. The number of benzene rings is 2. The standard InChI is InChI=1S/C25H23F3N2O/c1-17-13-14-19-20(29-17)11-8-12-21(19)30-22(23(31)25(26,27)28)24(15-6-3-7-16-24)18-9-4-2-5-10-18/h2-15,22-23,30-31H,16H2,1H3/t22?,23?,24-/m0/s1. The van der Waals surface area contributed by atoms with Gasteiger partial charge in [-0.15, -0.1) is 0 Å². The zero-order valence-corrected chi connectivity index (χ0v) is 17.0. The molecule has 6 heteroatoms. The van der Waals surface area contributed by atoms with Crippen molar-refractivity contribution in [3.63, 3.8) is 0 Å². The summed E-state index contributed by atoms with van der Waals surface area (Å²) in [6, 6.07) is 16.6. The third-order valence-corrected chi connectivity index (χ3v) is 5.80. The number of halogens is 3. The number of alkyl halides is 3. The van der Waals surface area contributed by atoms with E-state index in [1.54, 1.807) is 48.6 Å². The van der Waals surface area contributed by atoms with Crippen molar-refractivity contribution in [3.05, 3.63) is 96.2 Å². The highest BCUT2D eigenvalue weighted by atomic mass is 19.4. The molecule has 2 unspecified atom stereocenters.